The smallest absolute Gasteiger partial charge is 0.433 e. The Morgan fingerprint density at radius 2 is 1.66 bits per heavy atom. The number of methoxy groups -OCH3 is 1. The molecule has 0 aliphatic carbocycles. The summed E-state index contributed by atoms with van der Waals surface area (Å²) in [5.41, 5.74) is 7.36. The van der Waals surface area contributed by atoms with Crippen LogP contribution in [-0.2, 0) is 11.3 Å². The van der Waals surface area contributed by atoms with Crippen LogP contribution >= 0.6 is 0 Å². The van der Waals surface area contributed by atoms with E-state index < -0.39 is 12.0 Å². The van der Waals surface area contributed by atoms with Gasteiger partial charge >= 0.3 is 6.09 Å². The second-order valence-electron chi connectivity index (χ2n) is 11.0. The molecule has 0 radical (unpaired) electrons. The van der Waals surface area contributed by atoms with Gasteiger partial charge in [0.15, 0.2) is 0 Å². The van der Waals surface area contributed by atoms with Crippen molar-refractivity contribution in [3.8, 4) is 11.3 Å². The van der Waals surface area contributed by atoms with Crippen LogP contribution in [0.3, 0.4) is 0 Å². The van der Waals surface area contributed by atoms with Crippen molar-refractivity contribution in [2.45, 2.75) is 31.3 Å². The fraction of sp³-hybridized carbons (Fsp3) is 0.303. The van der Waals surface area contributed by atoms with E-state index in [1.54, 1.807) is 24.3 Å². The molecule has 8 heteroatoms. The van der Waals surface area contributed by atoms with Crippen LogP contribution in [0.25, 0.3) is 22.2 Å². The summed E-state index contributed by atoms with van der Waals surface area (Å²) in [4.78, 5) is 37.2. The van der Waals surface area contributed by atoms with Crippen molar-refractivity contribution in [3.63, 3.8) is 0 Å². The molecular weight excluding hydrogens is 514 g/mol. The minimum absolute atomic E-state index is 0.189. The molecule has 2 aliphatic heterocycles. The van der Waals surface area contributed by atoms with Gasteiger partial charge in [0.25, 0.3) is 5.91 Å². The number of carbonyl (C=O) groups is 2. The van der Waals surface area contributed by atoms with Crippen LogP contribution in [0.5, 0.6) is 0 Å². The number of para-hydroxylation sites is 2. The van der Waals surface area contributed by atoms with Crippen LogP contribution in [0.1, 0.15) is 35.2 Å². The number of nitrogens with zero attached hydrogens (tertiary/aromatic N) is 4. The van der Waals surface area contributed by atoms with Crippen LogP contribution in [0.15, 0.2) is 84.9 Å². The summed E-state index contributed by atoms with van der Waals surface area (Å²) in [5.74, 6) is -0.392. The van der Waals surface area contributed by atoms with Gasteiger partial charge in [-0.15, -0.1) is 0 Å². The number of rotatable bonds is 5. The van der Waals surface area contributed by atoms with E-state index in [2.05, 4.69) is 22.3 Å². The number of aromatic nitrogens is 1. The average Bonchev–Trinajstić information content (AvgIpc) is 3.60. The Bertz CT molecular complexity index is 1560. The zero-order chi connectivity index (χ0) is 28.4. The molecule has 2 fully saturated rings. The Morgan fingerprint density at radius 1 is 0.951 bits per heavy atom. The lowest BCUT2D eigenvalue weighted by Crippen LogP contribution is -2.47. The van der Waals surface area contributed by atoms with E-state index in [4.69, 9.17) is 9.72 Å². The maximum Gasteiger partial charge on any atom is 0.433 e. The highest BCUT2D eigenvalue weighted by Gasteiger charge is 2.44. The van der Waals surface area contributed by atoms with Crippen molar-refractivity contribution in [3.05, 3.63) is 96.1 Å². The van der Waals surface area contributed by atoms with E-state index in [0.29, 0.717) is 17.8 Å². The number of hydrazine groups is 1. The summed E-state index contributed by atoms with van der Waals surface area (Å²) in [5, 5.41) is 1.89. The SMILES string of the molecule is COC(=O)N(NC(=O)c1c(CN2CCC3(CCCN3C)C2)c(-c2ccccc2)nc2ccccc12)c1ccccc1. The molecule has 1 spiro atoms. The molecule has 41 heavy (non-hydrogen) atoms. The van der Waals surface area contributed by atoms with Crippen molar-refractivity contribution >= 4 is 28.6 Å². The van der Waals surface area contributed by atoms with Crippen LogP contribution in [0, 0.1) is 0 Å². The summed E-state index contributed by atoms with van der Waals surface area (Å²) in [6.07, 6.45) is 2.84. The molecule has 2 saturated heterocycles. The summed E-state index contributed by atoms with van der Waals surface area (Å²) in [6, 6.07) is 26.7. The maximum atomic E-state index is 14.3. The molecule has 2 amide bonds. The van der Waals surface area contributed by atoms with Gasteiger partial charge in [-0.1, -0.05) is 66.7 Å². The molecular formula is C33H35N5O3. The lowest BCUT2D eigenvalue weighted by Gasteiger charge is -2.32. The zero-order valence-corrected chi connectivity index (χ0v) is 23.5. The maximum absolute atomic E-state index is 14.3. The molecule has 210 valence electrons. The lowest BCUT2D eigenvalue weighted by molar-refractivity contribution is 0.0940. The first-order valence-corrected chi connectivity index (χ1v) is 14.1. The van der Waals surface area contributed by atoms with Crippen LogP contribution in [0.4, 0.5) is 10.5 Å². The number of nitrogens with one attached hydrogen (secondary N) is 1. The largest absolute Gasteiger partial charge is 0.451 e. The first-order chi connectivity index (χ1) is 20.0. The Balaban J connectivity index is 1.47. The first-order valence-electron chi connectivity index (χ1n) is 14.1. The Hall–Kier alpha value is -4.27. The number of carbonyl (C=O) groups excluding carboxylic acids is 2. The van der Waals surface area contributed by atoms with Gasteiger partial charge in [0.05, 0.1) is 29.6 Å². The van der Waals surface area contributed by atoms with Gasteiger partial charge in [0.1, 0.15) is 0 Å². The van der Waals surface area contributed by atoms with Gasteiger partial charge in [-0.25, -0.2) is 9.78 Å². The highest BCUT2D eigenvalue weighted by atomic mass is 16.5. The molecule has 6 rings (SSSR count). The number of hydrogen-bond donors (Lipinski definition) is 1. The first kappa shape index (κ1) is 26.9. The third-order valence-corrected chi connectivity index (χ3v) is 8.59. The van der Waals surface area contributed by atoms with Gasteiger partial charge in [-0.3, -0.25) is 20.0 Å². The second kappa shape index (κ2) is 11.3. The van der Waals surface area contributed by atoms with E-state index >= 15 is 0 Å². The van der Waals surface area contributed by atoms with Crippen molar-refractivity contribution in [1.82, 2.24) is 20.2 Å². The monoisotopic (exact) mass is 549 g/mol. The third-order valence-electron chi connectivity index (χ3n) is 8.59. The lowest BCUT2D eigenvalue weighted by atomic mass is 9.95. The fourth-order valence-electron chi connectivity index (χ4n) is 6.43. The molecule has 1 aromatic heterocycles. The number of hydrogen-bond acceptors (Lipinski definition) is 6. The van der Waals surface area contributed by atoms with Crippen LogP contribution in [-0.4, -0.2) is 66.1 Å². The molecule has 1 N–H and O–H groups in total. The van der Waals surface area contributed by atoms with E-state index in [9.17, 15) is 9.59 Å². The number of benzene rings is 3. The van der Waals surface area contributed by atoms with Crippen molar-refractivity contribution < 1.29 is 14.3 Å². The van der Waals surface area contributed by atoms with Crippen molar-refractivity contribution in [2.24, 2.45) is 0 Å². The normalized spacial score (nSPS) is 19.1. The highest BCUT2D eigenvalue weighted by Crippen LogP contribution is 2.39. The van der Waals surface area contributed by atoms with Crippen LogP contribution < -0.4 is 10.4 Å². The highest BCUT2D eigenvalue weighted by molar-refractivity contribution is 6.10. The summed E-state index contributed by atoms with van der Waals surface area (Å²) in [6.45, 7) is 3.59. The topological polar surface area (TPSA) is 78.0 Å². The van der Waals surface area contributed by atoms with E-state index in [1.165, 1.54) is 20.0 Å². The Morgan fingerprint density at radius 3 is 2.37 bits per heavy atom. The predicted octanol–water partition coefficient (Wildman–Crippen LogP) is 5.49. The number of amides is 2. The standard InChI is InChI=1S/C33H35N5O3/c1-36-20-11-18-33(36)19-21-37(23-33)22-27-29(31(39)35-38(32(40)41-2)25-14-7-4-8-15-25)26-16-9-10-17-28(26)34-30(27)24-12-5-3-6-13-24/h3-10,12-17H,11,18-23H2,1-2H3,(H,35,39). The third kappa shape index (κ3) is 5.16. The molecule has 3 aromatic carbocycles. The molecule has 0 saturated carbocycles. The van der Waals surface area contributed by atoms with Crippen LogP contribution in [0.2, 0.25) is 0 Å². The van der Waals surface area contributed by atoms with Gasteiger partial charge in [0, 0.05) is 41.7 Å². The van der Waals surface area contributed by atoms with Gasteiger partial charge in [-0.2, -0.15) is 5.01 Å². The number of anilines is 1. The number of fused-ring (bicyclic) bond motifs is 1. The number of likely N-dealkylation sites (tertiary alicyclic amines) is 2. The number of pyridine rings is 1. The van der Waals surface area contributed by atoms with Gasteiger partial charge < -0.3 is 4.74 Å². The molecule has 2 aliphatic rings. The Kier molecular flexibility index (Phi) is 7.43. The van der Waals surface area contributed by atoms with E-state index in [1.807, 2.05) is 60.7 Å². The van der Waals surface area contributed by atoms with E-state index in [0.717, 1.165) is 58.8 Å². The summed E-state index contributed by atoms with van der Waals surface area (Å²) >= 11 is 0. The minimum Gasteiger partial charge on any atom is -0.451 e. The van der Waals surface area contributed by atoms with Crippen molar-refractivity contribution in [2.75, 3.05) is 38.8 Å². The molecule has 1 atom stereocenters. The summed E-state index contributed by atoms with van der Waals surface area (Å²) in [7, 11) is 3.53. The van der Waals surface area contributed by atoms with Gasteiger partial charge in [-0.05, 0) is 51.1 Å². The minimum atomic E-state index is -0.682. The van der Waals surface area contributed by atoms with Gasteiger partial charge in [0.2, 0.25) is 0 Å². The molecule has 1 unspecified atom stereocenters. The summed E-state index contributed by atoms with van der Waals surface area (Å²) < 4.78 is 5.03. The van der Waals surface area contributed by atoms with Crippen molar-refractivity contribution in [1.29, 1.82) is 0 Å². The fourth-order valence-corrected chi connectivity index (χ4v) is 6.43. The number of ether oxygens (including phenoxy) is 1. The van der Waals surface area contributed by atoms with E-state index in [-0.39, 0.29) is 5.54 Å². The zero-order valence-electron chi connectivity index (χ0n) is 23.5. The predicted molar refractivity (Wildman–Crippen MR) is 160 cm³/mol. The number of likely N-dealkylation sites (N-methyl/N-ethyl adjacent to an activating group) is 1. The average molecular weight is 550 g/mol. The quantitative estimate of drug-likeness (QED) is 0.332. The second-order valence-corrected chi connectivity index (χ2v) is 11.0. The molecule has 3 heterocycles. The molecule has 4 aromatic rings. The molecule has 0 bridgehead atoms. The molecule has 8 nitrogen and oxygen atoms in total. The Labute approximate surface area is 240 Å².